The van der Waals surface area contributed by atoms with Crippen LogP contribution >= 0.6 is 0 Å². The van der Waals surface area contributed by atoms with Crippen molar-refractivity contribution in [3.8, 4) is 16.9 Å². The van der Waals surface area contributed by atoms with Crippen LogP contribution in [0.5, 0.6) is 5.75 Å². The summed E-state index contributed by atoms with van der Waals surface area (Å²) in [4.78, 5) is 29.3. The lowest BCUT2D eigenvalue weighted by Crippen LogP contribution is -2.29. The number of nitrogens with one attached hydrogen (secondary N) is 1. The minimum atomic E-state index is -0.940. The molecule has 1 unspecified atom stereocenters. The van der Waals surface area contributed by atoms with Crippen LogP contribution in [-0.2, 0) is 0 Å². The maximum absolute atomic E-state index is 14.5. The third kappa shape index (κ3) is 4.87. The molecule has 3 heterocycles. The number of hydrogen-bond donors (Lipinski definition) is 2. The number of aromatic amines is 1. The molecule has 1 aliphatic heterocycles. The molecule has 1 fully saturated rings. The minimum absolute atomic E-state index is 0.144. The SMILES string of the molecule is Cc1c(-c2ccc(C3CCN(C)CC3)cc2)ccc2ncn(C(c3nc4ccccc4[nH]3)c3cc(F)ccc3O)c(=O)c12. The standard InChI is InChI=1S/C35H32FN5O2/c1-21-26(24-9-7-22(8-10-24)23-15-17-40(2)18-16-23)12-13-30-32(21)35(43)41(20-37-30)33(27-19-25(36)11-14-31(27)42)34-38-28-5-3-4-6-29(28)39-34/h3-14,19-20,23,33,42H,15-18H2,1-2H3,(H,38,39). The number of aromatic hydroxyl groups is 1. The molecular weight excluding hydrogens is 541 g/mol. The van der Waals surface area contributed by atoms with Crippen LogP contribution in [0.2, 0.25) is 0 Å². The number of aryl methyl sites for hydroxylation is 1. The molecule has 2 aromatic heterocycles. The fourth-order valence-corrected chi connectivity index (χ4v) is 6.43. The number of para-hydroxylation sites is 2. The first-order valence-corrected chi connectivity index (χ1v) is 14.6. The first kappa shape index (κ1) is 27.0. The van der Waals surface area contributed by atoms with Crippen molar-refractivity contribution >= 4 is 21.9 Å². The van der Waals surface area contributed by atoms with Gasteiger partial charge in [0.1, 0.15) is 23.4 Å². The molecule has 2 N–H and O–H groups in total. The van der Waals surface area contributed by atoms with Gasteiger partial charge in [0.05, 0.1) is 28.3 Å². The Balaban J connectivity index is 1.35. The van der Waals surface area contributed by atoms with Crippen molar-refractivity contribution in [1.82, 2.24) is 24.4 Å². The van der Waals surface area contributed by atoms with E-state index in [1.54, 1.807) is 0 Å². The number of nitrogens with zero attached hydrogens (tertiary/aromatic N) is 4. The molecule has 216 valence electrons. The van der Waals surface area contributed by atoms with Crippen LogP contribution in [0.3, 0.4) is 0 Å². The number of phenols is 1. The van der Waals surface area contributed by atoms with Gasteiger partial charge in [-0.05, 0) is 104 Å². The molecule has 0 bridgehead atoms. The molecule has 4 aromatic carbocycles. The number of hydrogen-bond acceptors (Lipinski definition) is 5. The molecule has 1 atom stereocenters. The number of benzene rings is 4. The molecule has 0 saturated carbocycles. The van der Waals surface area contributed by atoms with Crippen LogP contribution in [0.25, 0.3) is 33.1 Å². The summed E-state index contributed by atoms with van der Waals surface area (Å²) in [6.45, 7) is 4.15. The summed E-state index contributed by atoms with van der Waals surface area (Å²) in [5, 5.41) is 11.3. The quantitative estimate of drug-likeness (QED) is 0.245. The Morgan fingerprint density at radius 2 is 1.74 bits per heavy atom. The number of rotatable bonds is 5. The van der Waals surface area contributed by atoms with E-state index in [1.165, 1.54) is 34.7 Å². The number of halogens is 1. The maximum atomic E-state index is 14.5. The maximum Gasteiger partial charge on any atom is 0.262 e. The highest BCUT2D eigenvalue weighted by molar-refractivity contribution is 5.88. The van der Waals surface area contributed by atoms with Crippen molar-refractivity contribution in [2.75, 3.05) is 20.1 Å². The lowest BCUT2D eigenvalue weighted by molar-refractivity contribution is 0.255. The van der Waals surface area contributed by atoms with E-state index in [9.17, 15) is 14.3 Å². The minimum Gasteiger partial charge on any atom is -0.508 e. The van der Waals surface area contributed by atoms with E-state index in [2.05, 4.69) is 46.2 Å². The van der Waals surface area contributed by atoms with Gasteiger partial charge in [0.2, 0.25) is 0 Å². The molecule has 1 aliphatic rings. The highest BCUT2D eigenvalue weighted by atomic mass is 19.1. The van der Waals surface area contributed by atoms with E-state index >= 15 is 0 Å². The van der Waals surface area contributed by atoms with E-state index < -0.39 is 11.9 Å². The molecular formula is C35H32FN5O2. The van der Waals surface area contributed by atoms with Crippen LogP contribution in [0.15, 0.2) is 90.0 Å². The molecule has 6 aromatic rings. The van der Waals surface area contributed by atoms with Crippen molar-refractivity contribution in [3.05, 3.63) is 124 Å². The number of aromatic nitrogens is 4. The number of phenolic OH excluding ortho intramolecular Hbond substituents is 1. The van der Waals surface area contributed by atoms with Gasteiger partial charge in [-0.25, -0.2) is 14.4 Å². The second kappa shape index (κ2) is 10.8. The van der Waals surface area contributed by atoms with E-state index in [-0.39, 0.29) is 16.9 Å². The summed E-state index contributed by atoms with van der Waals surface area (Å²) in [5.74, 6) is 0.282. The van der Waals surface area contributed by atoms with Crippen LogP contribution in [0, 0.1) is 12.7 Å². The molecule has 43 heavy (non-hydrogen) atoms. The van der Waals surface area contributed by atoms with Crippen molar-refractivity contribution in [1.29, 1.82) is 0 Å². The fourth-order valence-electron chi connectivity index (χ4n) is 6.43. The Kier molecular flexibility index (Phi) is 6.78. The molecule has 0 spiro atoms. The largest absolute Gasteiger partial charge is 0.508 e. The van der Waals surface area contributed by atoms with Crippen molar-refractivity contribution < 1.29 is 9.50 Å². The van der Waals surface area contributed by atoms with Gasteiger partial charge in [-0.2, -0.15) is 0 Å². The van der Waals surface area contributed by atoms with Gasteiger partial charge in [0.15, 0.2) is 0 Å². The van der Waals surface area contributed by atoms with Crippen LogP contribution in [-0.4, -0.2) is 49.7 Å². The van der Waals surface area contributed by atoms with Crippen LogP contribution in [0.4, 0.5) is 4.39 Å². The number of fused-ring (bicyclic) bond motifs is 2. The summed E-state index contributed by atoms with van der Waals surface area (Å²) in [5.41, 5.74) is 6.07. The number of H-pyrrole nitrogens is 1. The molecule has 7 rings (SSSR count). The number of likely N-dealkylation sites (tertiary alicyclic amines) is 1. The van der Waals surface area contributed by atoms with E-state index in [1.807, 2.05) is 43.3 Å². The van der Waals surface area contributed by atoms with Crippen LogP contribution < -0.4 is 5.56 Å². The summed E-state index contributed by atoms with van der Waals surface area (Å²) < 4.78 is 15.9. The third-order valence-electron chi connectivity index (χ3n) is 8.85. The zero-order valence-corrected chi connectivity index (χ0v) is 24.1. The van der Waals surface area contributed by atoms with E-state index in [0.29, 0.717) is 28.2 Å². The predicted molar refractivity (Wildman–Crippen MR) is 167 cm³/mol. The van der Waals surface area contributed by atoms with Gasteiger partial charge in [0.25, 0.3) is 5.56 Å². The lowest BCUT2D eigenvalue weighted by atomic mass is 9.88. The van der Waals surface area contributed by atoms with Crippen molar-refractivity contribution in [2.45, 2.75) is 31.7 Å². The van der Waals surface area contributed by atoms with Gasteiger partial charge in [-0.15, -0.1) is 0 Å². The highest BCUT2D eigenvalue weighted by Gasteiger charge is 2.27. The monoisotopic (exact) mass is 573 g/mol. The van der Waals surface area contributed by atoms with Gasteiger partial charge in [-0.1, -0.05) is 42.5 Å². The van der Waals surface area contributed by atoms with Gasteiger partial charge in [-0.3, -0.25) is 9.36 Å². The van der Waals surface area contributed by atoms with Crippen LogP contribution in [0.1, 0.15) is 47.3 Å². The summed E-state index contributed by atoms with van der Waals surface area (Å²) in [6, 6.07) is 22.8. The Bertz CT molecular complexity index is 1990. The highest BCUT2D eigenvalue weighted by Crippen LogP contribution is 2.34. The molecule has 8 heteroatoms. The Hall–Kier alpha value is -4.82. The van der Waals surface area contributed by atoms with E-state index in [0.717, 1.165) is 48.1 Å². The topological polar surface area (TPSA) is 87.0 Å². The second-order valence-corrected chi connectivity index (χ2v) is 11.5. The first-order valence-electron chi connectivity index (χ1n) is 14.6. The van der Waals surface area contributed by atoms with E-state index in [4.69, 9.17) is 4.98 Å². The molecule has 7 nitrogen and oxygen atoms in total. The summed E-state index contributed by atoms with van der Waals surface area (Å²) in [7, 11) is 2.17. The van der Waals surface area contributed by atoms with Gasteiger partial charge >= 0.3 is 0 Å². The Morgan fingerprint density at radius 1 is 0.977 bits per heavy atom. The van der Waals surface area contributed by atoms with Gasteiger partial charge in [0, 0.05) is 5.56 Å². The zero-order valence-electron chi connectivity index (χ0n) is 24.1. The van der Waals surface area contributed by atoms with Gasteiger partial charge < -0.3 is 15.0 Å². The predicted octanol–water partition coefficient (Wildman–Crippen LogP) is 6.54. The average molecular weight is 574 g/mol. The molecule has 0 radical (unpaired) electrons. The lowest BCUT2D eigenvalue weighted by Gasteiger charge is -2.29. The smallest absolute Gasteiger partial charge is 0.262 e. The second-order valence-electron chi connectivity index (χ2n) is 11.5. The normalized spacial score (nSPS) is 15.3. The summed E-state index contributed by atoms with van der Waals surface area (Å²) in [6.07, 6.45) is 3.76. The Morgan fingerprint density at radius 3 is 2.51 bits per heavy atom. The van der Waals surface area contributed by atoms with Crippen molar-refractivity contribution in [3.63, 3.8) is 0 Å². The number of piperidine rings is 1. The molecule has 0 amide bonds. The molecule has 0 aliphatic carbocycles. The first-order chi connectivity index (χ1) is 20.9. The Labute approximate surface area is 248 Å². The zero-order chi connectivity index (χ0) is 29.7. The number of imidazole rings is 1. The fraction of sp³-hybridized carbons (Fsp3) is 0.229. The van der Waals surface area contributed by atoms with Crippen molar-refractivity contribution in [2.24, 2.45) is 0 Å². The third-order valence-corrected chi connectivity index (χ3v) is 8.85. The molecule has 1 saturated heterocycles. The average Bonchev–Trinajstić information content (AvgIpc) is 3.45. The summed E-state index contributed by atoms with van der Waals surface area (Å²) >= 11 is 0.